The van der Waals surface area contributed by atoms with Gasteiger partial charge in [-0.1, -0.05) is 0 Å². The van der Waals surface area contributed by atoms with Crippen LogP contribution in [0.5, 0.6) is 0 Å². The highest BCUT2D eigenvalue weighted by Crippen LogP contribution is 2.39. The topological polar surface area (TPSA) is 59.1 Å². The highest BCUT2D eigenvalue weighted by Gasteiger charge is 2.46. The fraction of sp³-hybridized carbons (Fsp3) is 0.667. The Morgan fingerprint density at radius 3 is 2.35 bits per heavy atom. The van der Waals surface area contributed by atoms with E-state index in [-0.39, 0.29) is 10.5 Å². The van der Waals surface area contributed by atoms with Crippen molar-refractivity contribution >= 4 is 10.0 Å². The fourth-order valence-corrected chi connectivity index (χ4v) is 5.68. The van der Waals surface area contributed by atoms with E-state index >= 15 is 0 Å². The summed E-state index contributed by atoms with van der Waals surface area (Å²) in [5.74, 6) is -0.435. The number of halogens is 1. The summed E-state index contributed by atoms with van der Waals surface area (Å²) in [6.45, 7) is 5.01. The highest BCUT2D eigenvalue weighted by molar-refractivity contribution is 7.89. The van der Waals surface area contributed by atoms with Gasteiger partial charge in [-0.3, -0.25) is 4.90 Å². The van der Waals surface area contributed by atoms with Gasteiger partial charge in [-0.2, -0.15) is 4.31 Å². The van der Waals surface area contributed by atoms with E-state index in [1.165, 1.54) is 28.6 Å². The lowest BCUT2D eigenvalue weighted by molar-refractivity contribution is -0.0328. The smallest absolute Gasteiger partial charge is 0.243 e. The van der Waals surface area contributed by atoms with Crippen LogP contribution in [0.15, 0.2) is 29.2 Å². The van der Waals surface area contributed by atoms with Gasteiger partial charge in [0.15, 0.2) is 0 Å². The summed E-state index contributed by atoms with van der Waals surface area (Å²) in [5, 5.41) is 0. The summed E-state index contributed by atoms with van der Waals surface area (Å²) in [4.78, 5) is 2.58. The molecule has 1 atom stereocenters. The minimum absolute atomic E-state index is 0.147. The molecule has 3 aliphatic heterocycles. The first kappa shape index (κ1) is 18.3. The largest absolute Gasteiger partial charge is 0.379 e. The average Bonchev–Trinajstić information content (AvgIpc) is 3.07. The van der Waals surface area contributed by atoms with Crippen molar-refractivity contribution in [2.45, 2.75) is 35.8 Å². The molecule has 3 aliphatic rings. The first-order valence-corrected chi connectivity index (χ1v) is 10.6. The normalized spacial score (nSPS) is 27.8. The molecule has 0 bridgehead atoms. The maximum atomic E-state index is 13.1. The summed E-state index contributed by atoms with van der Waals surface area (Å²) in [6, 6.07) is 5.43. The van der Waals surface area contributed by atoms with E-state index in [2.05, 4.69) is 4.90 Å². The Morgan fingerprint density at radius 2 is 1.69 bits per heavy atom. The highest BCUT2D eigenvalue weighted by atomic mass is 32.2. The molecular weight excluding hydrogens is 359 g/mol. The van der Waals surface area contributed by atoms with Gasteiger partial charge in [-0.15, -0.1) is 0 Å². The van der Waals surface area contributed by atoms with Crippen LogP contribution < -0.4 is 0 Å². The summed E-state index contributed by atoms with van der Waals surface area (Å²) in [5.41, 5.74) is -0.211. The zero-order valence-corrected chi connectivity index (χ0v) is 15.6. The number of morpholine rings is 1. The molecule has 1 spiro atoms. The van der Waals surface area contributed by atoms with E-state index in [0.717, 1.165) is 32.7 Å². The van der Waals surface area contributed by atoms with E-state index in [4.69, 9.17) is 9.47 Å². The molecule has 1 aromatic carbocycles. The standard InChI is InChI=1S/C18H25FN2O4S/c19-15-1-3-17(4-2-15)26(22,23)21-7-5-18(6-8-21)13-16(14-25-18)20-9-11-24-12-10-20/h1-4,16H,5-14H2. The maximum Gasteiger partial charge on any atom is 0.243 e. The van der Waals surface area contributed by atoms with Crippen LogP contribution >= 0.6 is 0 Å². The summed E-state index contributed by atoms with van der Waals surface area (Å²) in [7, 11) is -3.57. The number of nitrogens with zero attached hydrogens (tertiary/aromatic N) is 2. The quantitative estimate of drug-likeness (QED) is 0.790. The molecule has 3 fully saturated rings. The lowest BCUT2D eigenvalue weighted by atomic mass is 9.88. The number of hydrogen-bond donors (Lipinski definition) is 0. The van der Waals surface area contributed by atoms with Crippen molar-refractivity contribution in [3.8, 4) is 0 Å². The molecule has 0 radical (unpaired) electrons. The number of hydrogen-bond acceptors (Lipinski definition) is 5. The predicted octanol–water partition coefficient (Wildman–Crippen LogP) is 1.47. The first-order valence-electron chi connectivity index (χ1n) is 9.20. The molecule has 0 saturated carbocycles. The van der Waals surface area contributed by atoms with Crippen molar-refractivity contribution in [1.29, 1.82) is 0 Å². The summed E-state index contributed by atoms with van der Waals surface area (Å²) < 4.78 is 51.7. The van der Waals surface area contributed by atoms with Crippen molar-refractivity contribution in [2.75, 3.05) is 46.0 Å². The van der Waals surface area contributed by atoms with E-state index in [1.54, 1.807) is 0 Å². The molecular formula is C18H25FN2O4S. The number of rotatable bonds is 3. The molecule has 3 heterocycles. The summed E-state index contributed by atoms with van der Waals surface area (Å²) >= 11 is 0. The molecule has 144 valence electrons. The van der Waals surface area contributed by atoms with Crippen LogP contribution in [0.3, 0.4) is 0 Å². The molecule has 4 rings (SSSR count). The van der Waals surface area contributed by atoms with Crippen molar-refractivity contribution in [3.05, 3.63) is 30.1 Å². The SMILES string of the molecule is O=S(=O)(c1ccc(F)cc1)N1CCC2(CC1)CC(N1CCOCC1)CO2. The van der Waals surface area contributed by atoms with Gasteiger partial charge in [0, 0.05) is 32.2 Å². The van der Waals surface area contributed by atoms with E-state index < -0.39 is 15.8 Å². The minimum Gasteiger partial charge on any atom is -0.379 e. The Balaban J connectivity index is 1.39. The molecule has 8 heteroatoms. The second-order valence-corrected chi connectivity index (χ2v) is 9.30. The van der Waals surface area contributed by atoms with Gasteiger partial charge in [0.25, 0.3) is 0 Å². The number of sulfonamides is 1. The van der Waals surface area contributed by atoms with E-state index in [0.29, 0.717) is 38.6 Å². The van der Waals surface area contributed by atoms with E-state index in [9.17, 15) is 12.8 Å². The summed E-state index contributed by atoms with van der Waals surface area (Å²) in [6.07, 6.45) is 2.36. The van der Waals surface area contributed by atoms with Crippen molar-refractivity contribution < 1.29 is 22.3 Å². The maximum absolute atomic E-state index is 13.1. The van der Waals surface area contributed by atoms with Crippen molar-refractivity contribution in [2.24, 2.45) is 0 Å². The lowest BCUT2D eigenvalue weighted by Gasteiger charge is -2.38. The molecule has 1 unspecified atom stereocenters. The minimum atomic E-state index is -3.57. The third kappa shape index (κ3) is 3.53. The monoisotopic (exact) mass is 384 g/mol. The van der Waals surface area contributed by atoms with Crippen LogP contribution in [0.1, 0.15) is 19.3 Å². The lowest BCUT2D eigenvalue weighted by Crippen LogP contribution is -2.48. The zero-order valence-electron chi connectivity index (χ0n) is 14.8. The molecule has 3 saturated heterocycles. The van der Waals surface area contributed by atoms with Gasteiger partial charge in [-0.25, -0.2) is 12.8 Å². The second kappa shape index (κ2) is 7.16. The number of ether oxygens (including phenoxy) is 2. The van der Waals surface area contributed by atoms with Gasteiger partial charge in [0.1, 0.15) is 5.82 Å². The van der Waals surface area contributed by atoms with Gasteiger partial charge < -0.3 is 9.47 Å². The van der Waals surface area contributed by atoms with Gasteiger partial charge >= 0.3 is 0 Å². The van der Waals surface area contributed by atoms with Crippen molar-refractivity contribution in [3.63, 3.8) is 0 Å². The van der Waals surface area contributed by atoms with Gasteiger partial charge in [-0.05, 0) is 43.5 Å². The Kier molecular flexibility index (Phi) is 5.04. The molecule has 0 aliphatic carbocycles. The Labute approximate surface area is 153 Å². The van der Waals surface area contributed by atoms with Gasteiger partial charge in [0.05, 0.1) is 30.3 Å². The van der Waals surface area contributed by atoms with Gasteiger partial charge in [0.2, 0.25) is 10.0 Å². The van der Waals surface area contributed by atoms with E-state index in [1.807, 2.05) is 0 Å². The molecule has 6 nitrogen and oxygen atoms in total. The molecule has 0 amide bonds. The Hall–Kier alpha value is -1.06. The van der Waals surface area contributed by atoms with Crippen molar-refractivity contribution in [1.82, 2.24) is 9.21 Å². The number of piperidine rings is 1. The zero-order chi connectivity index (χ0) is 18.2. The average molecular weight is 384 g/mol. The molecule has 0 aromatic heterocycles. The van der Waals surface area contributed by atoms with Crippen LogP contribution in [-0.4, -0.2) is 75.3 Å². The second-order valence-electron chi connectivity index (χ2n) is 7.36. The van der Waals surface area contributed by atoms with Crippen LogP contribution in [0.4, 0.5) is 4.39 Å². The Morgan fingerprint density at radius 1 is 1.04 bits per heavy atom. The molecule has 26 heavy (non-hydrogen) atoms. The van der Waals surface area contributed by atoms with Crippen LogP contribution in [0.2, 0.25) is 0 Å². The fourth-order valence-electron chi connectivity index (χ4n) is 4.24. The third-order valence-electron chi connectivity index (χ3n) is 5.84. The predicted molar refractivity (Wildman–Crippen MR) is 93.9 cm³/mol. The van der Waals surface area contributed by atoms with Crippen LogP contribution in [0, 0.1) is 5.82 Å². The van der Waals surface area contributed by atoms with Crippen LogP contribution in [0.25, 0.3) is 0 Å². The first-order chi connectivity index (χ1) is 12.5. The Bertz CT molecular complexity index is 726. The van der Waals surface area contributed by atoms with Crippen LogP contribution in [-0.2, 0) is 19.5 Å². The third-order valence-corrected chi connectivity index (χ3v) is 7.75. The molecule has 0 N–H and O–H groups in total. The molecule has 1 aromatic rings. The number of benzene rings is 1.